The lowest BCUT2D eigenvalue weighted by Crippen LogP contribution is -2.49. The lowest BCUT2D eigenvalue weighted by atomic mass is 10.0. The van der Waals surface area contributed by atoms with Gasteiger partial charge in [-0.15, -0.1) is 0 Å². The fraction of sp³-hybridized carbons (Fsp3) is 0.444. The third kappa shape index (κ3) is 4.43. The van der Waals surface area contributed by atoms with Gasteiger partial charge in [-0.25, -0.2) is 0 Å². The molecule has 1 amide bonds. The summed E-state index contributed by atoms with van der Waals surface area (Å²) in [6.45, 7) is 4.89. The Morgan fingerprint density at radius 1 is 1.25 bits per heavy atom. The van der Waals surface area contributed by atoms with E-state index in [2.05, 4.69) is 57.6 Å². The highest BCUT2D eigenvalue weighted by Crippen LogP contribution is 2.24. The van der Waals surface area contributed by atoms with Gasteiger partial charge in [0, 0.05) is 51.2 Å². The smallest absolute Gasteiger partial charge is 0.241 e. The molecule has 1 aliphatic rings. The number of likely N-dealkylation sites (N-methyl/N-ethyl adjacent to an activating group) is 1. The molecule has 0 spiro atoms. The molecule has 3 rings (SSSR count). The molecule has 1 atom stereocenters. The van der Waals surface area contributed by atoms with Gasteiger partial charge >= 0.3 is 0 Å². The van der Waals surface area contributed by atoms with Gasteiger partial charge in [-0.05, 0) is 18.7 Å². The van der Waals surface area contributed by atoms with Crippen molar-refractivity contribution in [2.45, 2.75) is 12.6 Å². The van der Waals surface area contributed by atoms with E-state index in [1.54, 1.807) is 17.1 Å². The predicted octanol–water partition coefficient (Wildman–Crippen LogP) is 0.988. The highest BCUT2D eigenvalue weighted by atomic mass is 16.2. The summed E-state index contributed by atoms with van der Waals surface area (Å²) in [5.74, 6) is 0.00379. The number of piperazine rings is 1. The lowest BCUT2D eigenvalue weighted by Gasteiger charge is -2.40. The Labute approximate surface area is 143 Å². The van der Waals surface area contributed by atoms with E-state index in [1.165, 1.54) is 5.56 Å². The fourth-order valence-corrected chi connectivity index (χ4v) is 3.15. The molecule has 2 aromatic rings. The maximum Gasteiger partial charge on any atom is 0.241 e. The van der Waals surface area contributed by atoms with Gasteiger partial charge in [0.25, 0.3) is 0 Å². The zero-order chi connectivity index (χ0) is 16.8. The van der Waals surface area contributed by atoms with E-state index in [4.69, 9.17) is 0 Å². The first-order chi connectivity index (χ1) is 11.7. The molecule has 6 nitrogen and oxygen atoms in total. The van der Waals surface area contributed by atoms with Crippen LogP contribution in [0.25, 0.3) is 0 Å². The van der Waals surface area contributed by atoms with Gasteiger partial charge in [-0.1, -0.05) is 30.3 Å². The van der Waals surface area contributed by atoms with Gasteiger partial charge in [0.1, 0.15) is 6.54 Å². The molecule has 128 valence electrons. The number of carbonyl (C=O) groups excluding carboxylic acids is 1. The van der Waals surface area contributed by atoms with Gasteiger partial charge in [0.05, 0.1) is 0 Å². The monoisotopic (exact) mass is 327 g/mol. The first-order valence-corrected chi connectivity index (χ1v) is 8.44. The Hall–Kier alpha value is -2.18. The van der Waals surface area contributed by atoms with Crippen LogP contribution >= 0.6 is 0 Å². The van der Waals surface area contributed by atoms with E-state index in [0.29, 0.717) is 12.6 Å². The molecule has 6 heteroatoms. The van der Waals surface area contributed by atoms with Gasteiger partial charge in [-0.3, -0.25) is 14.4 Å². The molecule has 1 saturated heterocycles. The van der Waals surface area contributed by atoms with E-state index < -0.39 is 0 Å². The van der Waals surface area contributed by atoms with Gasteiger partial charge in [0.2, 0.25) is 5.91 Å². The molecule has 1 N–H and O–H groups in total. The number of rotatable bonds is 6. The van der Waals surface area contributed by atoms with E-state index >= 15 is 0 Å². The molecule has 0 unspecified atom stereocenters. The fourth-order valence-electron chi connectivity index (χ4n) is 3.15. The second-order valence-electron chi connectivity index (χ2n) is 6.28. The second-order valence-corrected chi connectivity index (χ2v) is 6.28. The third-order valence-corrected chi connectivity index (χ3v) is 4.46. The second kappa shape index (κ2) is 8.08. The average Bonchev–Trinajstić information content (AvgIpc) is 3.10. The van der Waals surface area contributed by atoms with Crippen molar-refractivity contribution in [1.29, 1.82) is 0 Å². The molecular weight excluding hydrogens is 302 g/mol. The topological polar surface area (TPSA) is 53.4 Å². The van der Waals surface area contributed by atoms with Gasteiger partial charge in [-0.2, -0.15) is 5.10 Å². The van der Waals surface area contributed by atoms with Crippen molar-refractivity contribution in [3.05, 3.63) is 54.4 Å². The van der Waals surface area contributed by atoms with Gasteiger partial charge in [0.15, 0.2) is 0 Å². The molecule has 1 aliphatic heterocycles. The minimum absolute atomic E-state index is 0.00379. The standard InChI is InChI=1S/C18H25N5O/c1-21-12-13-22(17(14-21)16-6-3-2-4-7-16)11-9-19-18(24)15-23-10-5-8-20-23/h2-8,10,17H,9,11-15H2,1H3,(H,19,24)/t17-/m0/s1. The summed E-state index contributed by atoms with van der Waals surface area (Å²) in [5.41, 5.74) is 1.34. The van der Waals surface area contributed by atoms with Gasteiger partial charge < -0.3 is 10.2 Å². The minimum atomic E-state index is 0.00379. The molecule has 24 heavy (non-hydrogen) atoms. The van der Waals surface area contributed by atoms with E-state index in [9.17, 15) is 4.79 Å². The zero-order valence-corrected chi connectivity index (χ0v) is 14.1. The number of nitrogens with one attached hydrogen (secondary N) is 1. The van der Waals surface area contributed by atoms with Crippen LogP contribution in [0.1, 0.15) is 11.6 Å². The predicted molar refractivity (Wildman–Crippen MR) is 93.5 cm³/mol. The molecule has 0 bridgehead atoms. The summed E-state index contributed by atoms with van der Waals surface area (Å²) in [5, 5.41) is 7.05. The molecule has 1 aromatic carbocycles. The normalized spacial score (nSPS) is 19.3. The van der Waals surface area contributed by atoms with Crippen molar-refractivity contribution >= 4 is 5.91 Å². The van der Waals surface area contributed by atoms with Crippen LogP contribution in [0.2, 0.25) is 0 Å². The Bertz CT molecular complexity index is 628. The zero-order valence-electron chi connectivity index (χ0n) is 14.1. The first-order valence-electron chi connectivity index (χ1n) is 8.44. The number of carbonyl (C=O) groups is 1. The van der Waals surface area contributed by atoms with Crippen LogP contribution in [0, 0.1) is 0 Å². The van der Waals surface area contributed by atoms with Crippen molar-refractivity contribution in [3.8, 4) is 0 Å². The van der Waals surface area contributed by atoms with Crippen LogP contribution in [-0.4, -0.2) is 65.3 Å². The highest BCUT2D eigenvalue weighted by molar-refractivity contribution is 5.75. The summed E-state index contributed by atoms with van der Waals surface area (Å²) >= 11 is 0. The summed E-state index contributed by atoms with van der Waals surface area (Å²) in [4.78, 5) is 16.8. The van der Waals surface area contributed by atoms with Crippen LogP contribution in [0.5, 0.6) is 0 Å². The maximum absolute atomic E-state index is 12.0. The summed E-state index contributed by atoms with van der Waals surface area (Å²) in [7, 11) is 2.17. The van der Waals surface area contributed by atoms with Crippen LogP contribution in [0.4, 0.5) is 0 Å². The van der Waals surface area contributed by atoms with Crippen LogP contribution < -0.4 is 5.32 Å². The number of aromatic nitrogens is 2. The maximum atomic E-state index is 12.0. The lowest BCUT2D eigenvalue weighted by molar-refractivity contribution is -0.121. The molecule has 2 heterocycles. The van der Waals surface area contributed by atoms with Crippen molar-refractivity contribution in [2.75, 3.05) is 39.8 Å². The van der Waals surface area contributed by atoms with Crippen molar-refractivity contribution in [1.82, 2.24) is 24.9 Å². The largest absolute Gasteiger partial charge is 0.353 e. The quantitative estimate of drug-likeness (QED) is 0.860. The molecule has 0 saturated carbocycles. The number of hydrogen-bond acceptors (Lipinski definition) is 4. The summed E-state index contributed by atoms with van der Waals surface area (Å²) in [6, 6.07) is 12.8. The molecule has 0 radical (unpaired) electrons. The number of amides is 1. The Morgan fingerprint density at radius 2 is 2.08 bits per heavy atom. The Balaban J connectivity index is 1.51. The first kappa shape index (κ1) is 16.7. The Morgan fingerprint density at radius 3 is 2.83 bits per heavy atom. The van der Waals surface area contributed by atoms with Crippen molar-refractivity contribution < 1.29 is 4.79 Å². The summed E-state index contributed by atoms with van der Waals surface area (Å²) in [6.07, 6.45) is 3.48. The van der Waals surface area contributed by atoms with Crippen molar-refractivity contribution in [2.24, 2.45) is 0 Å². The van der Waals surface area contributed by atoms with Crippen LogP contribution in [0.15, 0.2) is 48.8 Å². The number of benzene rings is 1. The molecule has 0 aliphatic carbocycles. The van der Waals surface area contributed by atoms with E-state index in [0.717, 1.165) is 26.2 Å². The van der Waals surface area contributed by atoms with Crippen molar-refractivity contribution in [3.63, 3.8) is 0 Å². The average molecular weight is 327 g/mol. The number of nitrogens with zero attached hydrogens (tertiary/aromatic N) is 4. The molecular formula is C18H25N5O. The molecule has 1 aromatic heterocycles. The SMILES string of the molecule is CN1CCN(CCNC(=O)Cn2cccn2)[C@H](c2ccccc2)C1. The molecule has 1 fully saturated rings. The minimum Gasteiger partial charge on any atom is -0.353 e. The summed E-state index contributed by atoms with van der Waals surface area (Å²) < 4.78 is 1.64. The highest BCUT2D eigenvalue weighted by Gasteiger charge is 2.26. The van der Waals surface area contributed by atoms with Crippen LogP contribution in [-0.2, 0) is 11.3 Å². The third-order valence-electron chi connectivity index (χ3n) is 4.46. The van der Waals surface area contributed by atoms with Crippen LogP contribution in [0.3, 0.4) is 0 Å². The Kier molecular flexibility index (Phi) is 5.61. The van der Waals surface area contributed by atoms with E-state index in [-0.39, 0.29) is 12.5 Å². The van der Waals surface area contributed by atoms with E-state index in [1.807, 2.05) is 6.07 Å². The number of hydrogen-bond donors (Lipinski definition) is 1.